The molecule has 2 aromatic rings. The quantitative estimate of drug-likeness (QED) is 0.656. The first-order valence-corrected chi connectivity index (χ1v) is 7.45. The predicted octanol–water partition coefficient (Wildman–Crippen LogP) is 3.01. The van der Waals surface area contributed by atoms with Gasteiger partial charge in [-0.1, -0.05) is 30.3 Å². The summed E-state index contributed by atoms with van der Waals surface area (Å²) >= 11 is 5.25. The second-order valence-electron chi connectivity index (χ2n) is 4.94. The summed E-state index contributed by atoms with van der Waals surface area (Å²) in [5.41, 5.74) is 3.20. The molecule has 0 atom stereocenters. The highest BCUT2D eigenvalue weighted by molar-refractivity contribution is 7.80. The van der Waals surface area contributed by atoms with Gasteiger partial charge in [0, 0.05) is 17.9 Å². The van der Waals surface area contributed by atoms with Crippen LogP contribution in [0.3, 0.4) is 0 Å². The molecule has 2 N–H and O–H groups in total. The zero-order valence-electron chi connectivity index (χ0n) is 12.4. The zero-order valence-corrected chi connectivity index (χ0v) is 13.2. The number of nitrogens with one attached hydrogen (secondary N) is 2. The molecule has 0 bridgehead atoms. The summed E-state index contributed by atoms with van der Waals surface area (Å²) in [4.78, 5) is 8.60. The first-order chi connectivity index (χ1) is 10.1. The fraction of sp³-hybridized carbons (Fsp3) is 0.312. The van der Waals surface area contributed by atoms with Gasteiger partial charge in [0.2, 0.25) is 5.95 Å². The van der Waals surface area contributed by atoms with E-state index in [9.17, 15) is 0 Å². The van der Waals surface area contributed by atoms with Crippen molar-refractivity contribution in [2.24, 2.45) is 0 Å². The molecule has 1 heterocycles. The number of benzene rings is 1. The Hall–Kier alpha value is -2.01. The van der Waals surface area contributed by atoms with E-state index in [2.05, 4.69) is 44.9 Å². The molecule has 4 nitrogen and oxygen atoms in total. The van der Waals surface area contributed by atoms with Crippen LogP contribution in [0.25, 0.3) is 0 Å². The number of aromatic nitrogens is 2. The second kappa shape index (κ2) is 7.69. The number of nitrogens with zero attached hydrogens (tertiary/aromatic N) is 2. The number of thiocarbonyl (C=S) groups is 1. The normalized spacial score (nSPS) is 10.2. The Morgan fingerprint density at radius 3 is 2.43 bits per heavy atom. The van der Waals surface area contributed by atoms with Gasteiger partial charge in [-0.05, 0) is 50.5 Å². The van der Waals surface area contributed by atoms with E-state index in [1.807, 2.05) is 26.0 Å². The summed E-state index contributed by atoms with van der Waals surface area (Å²) < 4.78 is 0. The van der Waals surface area contributed by atoms with Crippen molar-refractivity contribution in [2.45, 2.75) is 26.7 Å². The number of hydrogen-bond acceptors (Lipinski definition) is 3. The topological polar surface area (TPSA) is 49.8 Å². The van der Waals surface area contributed by atoms with E-state index in [-0.39, 0.29) is 0 Å². The van der Waals surface area contributed by atoms with Crippen molar-refractivity contribution >= 4 is 23.3 Å². The standard InChI is InChI=1S/C16H20N4S/c1-12-11-13(2)19-15(18-12)20-16(21)17-10-6-9-14-7-4-3-5-8-14/h3-5,7-8,11H,6,9-10H2,1-2H3,(H2,17,18,19,20,21). The average Bonchev–Trinajstić information content (AvgIpc) is 2.43. The molecular weight excluding hydrogens is 280 g/mol. The molecule has 110 valence electrons. The summed E-state index contributed by atoms with van der Waals surface area (Å²) in [6.45, 7) is 4.71. The third-order valence-corrected chi connectivity index (χ3v) is 3.22. The van der Waals surface area contributed by atoms with Gasteiger partial charge < -0.3 is 10.6 Å². The largest absolute Gasteiger partial charge is 0.362 e. The lowest BCUT2D eigenvalue weighted by Gasteiger charge is -2.10. The highest BCUT2D eigenvalue weighted by atomic mass is 32.1. The molecule has 0 saturated carbocycles. The van der Waals surface area contributed by atoms with Crippen molar-refractivity contribution in [3.63, 3.8) is 0 Å². The molecule has 0 aliphatic heterocycles. The molecule has 0 amide bonds. The van der Waals surface area contributed by atoms with Crippen LogP contribution < -0.4 is 10.6 Å². The fourth-order valence-electron chi connectivity index (χ4n) is 2.07. The summed E-state index contributed by atoms with van der Waals surface area (Å²) in [6, 6.07) is 12.4. The van der Waals surface area contributed by atoms with E-state index in [0.717, 1.165) is 30.8 Å². The van der Waals surface area contributed by atoms with Gasteiger partial charge in [-0.15, -0.1) is 0 Å². The van der Waals surface area contributed by atoms with Crippen molar-refractivity contribution in [3.8, 4) is 0 Å². The fourth-order valence-corrected chi connectivity index (χ4v) is 2.26. The average molecular weight is 300 g/mol. The number of rotatable bonds is 5. The summed E-state index contributed by atoms with van der Waals surface area (Å²) in [6.07, 6.45) is 2.07. The van der Waals surface area contributed by atoms with E-state index in [4.69, 9.17) is 12.2 Å². The summed E-state index contributed by atoms with van der Waals surface area (Å²) in [5, 5.41) is 6.76. The Labute approximate surface area is 131 Å². The maximum Gasteiger partial charge on any atom is 0.229 e. The zero-order chi connectivity index (χ0) is 15.1. The third kappa shape index (κ3) is 5.47. The molecule has 21 heavy (non-hydrogen) atoms. The molecule has 5 heteroatoms. The Bertz CT molecular complexity index is 578. The Kier molecular flexibility index (Phi) is 5.63. The lowest BCUT2D eigenvalue weighted by atomic mass is 10.1. The van der Waals surface area contributed by atoms with Gasteiger partial charge >= 0.3 is 0 Å². The molecule has 0 aliphatic rings. The van der Waals surface area contributed by atoms with E-state index in [1.165, 1.54) is 5.56 Å². The van der Waals surface area contributed by atoms with E-state index < -0.39 is 0 Å². The van der Waals surface area contributed by atoms with Crippen LogP contribution in [0.2, 0.25) is 0 Å². The van der Waals surface area contributed by atoms with Crippen molar-refractivity contribution in [1.82, 2.24) is 15.3 Å². The maximum absolute atomic E-state index is 5.25. The molecule has 0 radical (unpaired) electrons. The third-order valence-electron chi connectivity index (χ3n) is 2.98. The van der Waals surface area contributed by atoms with Crippen LogP contribution in [0.1, 0.15) is 23.4 Å². The number of hydrogen-bond donors (Lipinski definition) is 2. The molecule has 0 unspecified atom stereocenters. The van der Waals surface area contributed by atoms with Gasteiger partial charge in [0.15, 0.2) is 5.11 Å². The van der Waals surface area contributed by atoms with Gasteiger partial charge in [0.05, 0.1) is 0 Å². The predicted molar refractivity (Wildman–Crippen MR) is 90.5 cm³/mol. The maximum atomic E-state index is 5.25. The van der Waals surface area contributed by atoms with Crippen LogP contribution in [0.5, 0.6) is 0 Å². The minimum atomic E-state index is 0.549. The molecule has 0 spiro atoms. The van der Waals surface area contributed by atoms with Gasteiger partial charge in [-0.25, -0.2) is 9.97 Å². The minimum Gasteiger partial charge on any atom is -0.362 e. The van der Waals surface area contributed by atoms with Crippen molar-refractivity contribution in [2.75, 3.05) is 11.9 Å². The van der Waals surface area contributed by atoms with E-state index in [1.54, 1.807) is 0 Å². The van der Waals surface area contributed by atoms with Crippen molar-refractivity contribution < 1.29 is 0 Å². The van der Waals surface area contributed by atoms with Crippen LogP contribution in [0, 0.1) is 13.8 Å². The highest BCUT2D eigenvalue weighted by Crippen LogP contribution is 2.04. The van der Waals surface area contributed by atoms with Gasteiger partial charge in [-0.2, -0.15) is 0 Å². The molecule has 1 aromatic carbocycles. The van der Waals surface area contributed by atoms with Crippen LogP contribution >= 0.6 is 12.2 Å². The molecule has 0 aliphatic carbocycles. The van der Waals surface area contributed by atoms with Gasteiger partial charge in [-0.3, -0.25) is 0 Å². The SMILES string of the molecule is Cc1cc(C)nc(NC(=S)NCCCc2ccccc2)n1. The molecule has 1 aromatic heterocycles. The smallest absolute Gasteiger partial charge is 0.229 e. The summed E-state index contributed by atoms with van der Waals surface area (Å²) in [5.74, 6) is 0.549. The minimum absolute atomic E-state index is 0.549. The van der Waals surface area contributed by atoms with Gasteiger partial charge in [0.1, 0.15) is 0 Å². The second-order valence-corrected chi connectivity index (χ2v) is 5.35. The van der Waals surface area contributed by atoms with Crippen LogP contribution in [-0.2, 0) is 6.42 Å². The number of aryl methyl sites for hydroxylation is 3. The first kappa shape index (κ1) is 15.4. The van der Waals surface area contributed by atoms with Crippen molar-refractivity contribution in [3.05, 3.63) is 53.3 Å². The van der Waals surface area contributed by atoms with Gasteiger partial charge in [0.25, 0.3) is 0 Å². The van der Waals surface area contributed by atoms with Crippen LogP contribution in [0.15, 0.2) is 36.4 Å². The first-order valence-electron chi connectivity index (χ1n) is 7.04. The molecule has 0 fully saturated rings. The molecule has 2 rings (SSSR count). The number of anilines is 1. The Morgan fingerprint density at radius 1 is 1.10 bits per heavy atom. The van der Waals surface area contributed by atoms with Crippen LogP contribution in [0.4, 0.5) is 5.95 Å². The summed E-state index contributed by atoms with van der Waals surface area (Å²) in [7, 11) is 0. The van der Waals surface area contributed by atoms with E-state index >= 15 is 0 Å². The lowest BCUT2D eigenvalue weighted by Crippen LogP contribution is -2.30. The van der Waals surface area contributed by atoms with E-state index in [0.29, 0.717) is 11.1 Å². The Balaban J connectivity index is 1.72. The molecular formula is C16H20N4S. The van der Waals surface area contributed by atoms with Crippen molar-refractivity contribution in [1.29, 1.82) is 0 Å². The molecule has 0 saturated heterocycles. The van der Waals surface area contributed by atoms with Crippen LogP contribution in [-0.4, -0.2) is 21.6 Å². The highest BCUT2D eigenvalue weighted by Gasteiger charge is 2.02. The monoisotopic (exact) mass is 300 g/mol. The lowest BCUT2D eigenvalue weighted by molar-refractivity contribution is 0.777. The Morgan fingerprint density at radius 2 is 1.76 bits per heavy atom.